The minimum Gasteiger partial charge on any atom is -0.378 e. The molecule has 0 radical (unpaired) electrons. The molecule has 1 fully saturated rings. The third-order valence-electron chi connectivity index (χ3n) is 3.82. The van der Waals surface area contributed by atoms with Gasteiger partial charge >= 0.3 is 0 Å². The Kier molecular flexibility index (Phi) is 4.68. The summed E-state index contributed by atoms with van der Waals surface area (Å²) in [7, 11) is 0. The summed E-state index contributed by atoms with van der Waals surface area (Å²) in [5.74, 6) is 1.10. The van der Waals surface area contributed by atoms with Crippen LogP contribution in [-0.4, -0.2) is 37.8 Å². The highest BCUT2D eigenvalue weighted by Crippen LogP contribution is 2.26. The highest BCUT2D eigenvalue weighted by Gasteiger charge is 2.16. The highest BCUT2D eigenvalue weighted by atomic mass is 16.5. The Morgan fingerprint density at radius 1 is 1.24 bits per heavy atom. The molecule has 1 aromatic carbocycles. The Labute approximate surface area is 126 Å². The minimum atomic E-state index is 0.786. The number of nitrogens with zero attached hydrogens (tertiary/aromatic N) is 2. The summed E-state index contributed by atoms with van der Waals surface area (Å²) in [6, 6.07) is 10.7. The Morgan fingerprint density at radius 3 is 2.86 bits per heavy atom. The molecule has 3 rings (SSSR count). The van der Waals surface area contributed by atoms with E-state index in [0.717, 1.165) is 57.3 Å². The van der Waals surface area contributed by atoms with Crippen LogP contribution in [0, 0.1) is 0 Å². The van der Waals surface area contributed by atoms with E-state index in [0.29, 0.717) is 0 Å². The molecule has 0 amide bonds. The average Bonchev–Trinajstić information content (AvgIpc) is 2.55. The van der Waals surface area contributed by atoms with Crippen molar-refractivity contribution in [2.75, 3.05) is 37.7 Å². The van der Waals surface area contributed by atoms with Crippen LogP contribution in [0.1, 0.15) is 19.0 Å². The second-order valence-corrected chi connectivity index (χ2v) is 5.43. The first-order valence-electron chi connectivity index (χ1n) is 7.80. The van der Waals surface area contributed by atoms with Gasteiger partial charge in [0, 0.05) is 25.0 Å². The first-order chi connectivity index (χ1) is 10.4. The lowest BCUT2D eigenvalue weighted by Gasteiger charge is -2.29. The summed E-state index contributed by atoms with van der Waals surface area (Å²) >= 11 is 0. The third kappa shape index (κ3) is 3.34. The minimum absolute atomic E-state index is 0.786. The molecule has 0 saturated carbocycles. The zero-order chi connectivity index (χ0) is 14.5. The van der Waals surface area contributed by atoms with E-state index in [4.69, 9.17) is 9.72 Å². The number of benzene rings is 1. The molecule has 0 bridgehead atoms. The molecule has 1 aliphatic rings. The number of aromatic nitrogens is 1. The Balaban J connectivity index is 1.94. The molecule has 0 aliphatic carbocycles. The molecule has 1 aromatic heterocycles. The predicted octanol–water partition coefficient (Wildman–Crippen LogP) is 2.57. The summed E-state index contributed by atoms with van der Waals surface area (Å²) in [6.45, 7) is 7.45. The maximum atomic E-state index is 5.46. The monoisotopic (exact) mass is 285 g/mol. The van der Waals surface area contributed by atoms with Gasteiger partial charge in [0.05, 0.1) is 18.9 Å². The smallest absolute Gasteiger partial charge is 0.136 e. The topological polar surface area (TPSA) is 37.4 Å². The zero-order valence-corrected chi connectivity index (χ0v) is 12.6. The lowest BCUT2D eigenvalue weighted by molar-refractivity contribution is 0.122. The molecule has 1 saturated heterocycles. The summed E-state index contributed by atoms with van der Waals surface area (Å²) in [4.78, 5) is 7.25. The Hall–Kier alpha value is -1.65. The summed E-state index contributed by atoms with van der Waals surface area (Å²) < 4.78 is 5.46. The van der Waals surface area contributed by atoms with Gasteiger partial charge in [-0.15, -0.1) is 0 Å². The van der Waals surface area contributed by atoms with Crippen molar-refractivity contribution in [1.82, 2.24) is 10.3 Å². The van der Waals surface area contributed by atoms with E-state index in [1.165, 1.54) is 10.8 Å². The van der Waals surface area contributed by atoms with Crippen molar-refractivity contribution in [3.63, 3.8) is 0 Å². The maximum absolute atomic E-state index is 5.46. The molecule has 2 aromatic rings. The molecular weight excluding hydrogens is 262 g/mol. The first kappa shape index (κ1) is 14.3. The molecule has 4 nitrogen and oxygen atoms in total. The van der Waals surface area contributed by atoms with Crippen LogP contribution in [0.4, 0.5) is 5.82 Å². The van der Waals surface area contributed by atoms with Gasteiger partial charge in [0.1, 0.15) is 5.82 Å². The number of morpholine rings is 1. The van der Waals surface area contributed by atoms with Crippen LogP contribution < -0.4 is 10.2 Å². The second kappa shape index (κ2) is 6.87. The summed E-state index contributed by atoms with van der Waals surface area (Å²) in [6.07, 6.45) is 1.14. The largest absolute Gasteiger partial charge is 0.378 e. The molecule has 2 heterocycles. The molecule has 4 heteroatoms. The van der Waals surface area contributed by atoms with E-state index < -0.39 is 0 Å². The van der Waals surface area contributed by atoms with Crippen LogP contribution in [0.2, 0.25) is 0 Å². The molecule has 0 spiro atoms. The molecule has 112 valence electrons. The van der Waals surface area contributed by atoms with Gasteiger partial charge in [-0.1, -0.05) is 31.2 Å². The first-order valence-corrected chi connectivity index (χ1v) is 7.80. The van der Waals surface area contributed by atoms with Crippen molar-refractivity contribution in [2.45, 2.75) is 19.9 Å². The normalized spacial score (nSPS) is 15.6. The van der Waals surface area contributed by atoms with Crippen molar-refractivity contribution in [1.29, 1.82) is 0 Å². The van der Waals surface area contributed by atoms with E-state index in [1.807, 2.05) is 0 Å². The molecule has 1 N–H and O–H groups in total. The number of ether oxygens (including phenoxy) is 1. The van der Waals surface area contributed by atoms with Crippen LogP contribution in [-0.2, 0) is 11.3 Å². The van der Waals surface area contributed by atoms with E-state index >= 15 is 0 Å². The molecular formula is C17H23N3O. The standard InChI is InChI=1S/C17H23N3O/c1-2-7-18-13-15-12-14-5-3-4-6-16(14)17(19-15)20-8-10-21-11-9-20/h3-6,12,18H,2,7-11,13H2,1H3. The lowest BCUT2D eigenvalue weighted by atomic mass is 10.1. The number of hydrogen-bond donors (Lipinski definition) is 1. The molecule has 1 aliphatic heterocycles. The quantitative estimate of drug-likeness (QED) is 0.857. The van der Waals surface area contributed by atoms with Gasteiger partial charge in [-0.25, -0.2) is 4.98 Å². The van der Waals surface area contributed by atoms with Crippen LogP contribution in [0.15, 0.2) is 30.3 Å². The fraction of sp³-hybridized carbons (Fsp3) is 0.471. The fourth-order valence-corrected chi connectivity index (χ4v) is 2.73. The number of hydrogen-bond acceptors (Lipinski definition) is 4. The van der Waals surface area contributed by atoms with Crippen molar-refractivity contribution >= 4 is 16.6 Å². The Morgan fingerprint density at radius 2 is 2.05 bits per heavy atom. The number of fused-ring (bicyclic) bond motifs is 1. The van der Waals surface area contributed by atoms with E-state index in [9.17, 15) is 0 Å². The van der Waals surface area contributed by atoms with Crippen molar-refractivity contribution in [2.24, 2.45) is 0 Å². The van der Waals surface area contributed by atoms with Crippen LogP contribution in [0.3, 0.4) is 0 Å². The van der Waals surface area contributed by atoms with Gasteiger partial charge < -0.3 is 15.0 Å². The second-order valence-electron chi connectivity index (χ2n) is 5.43. The Bertz CT molecular complexity index is 594. The zero-order valence-electron chi connectivity index (χ0n) is 12.6. The van der Waals surface area contributed by atoms with E-state index in [1.54, 1.807) is 0 Å². The average molecular weight is 285 g/mol. The summed E-state index contributed by atoms with van der Waals surface area (Å²) in [5.41, 5.74) is 1.11. The number of anilines is 1. The molecule has 0 atom stereocenters. The van der Waals surface area contributed by atoms with Gasteiger partial charge in [-0.2, -0.15) is 0 Å². The summed E-state index contributed by atoms with van der Waals surface area (Å²) in [5, 5.41) is 5.94. The predicted molar refractivity (Wildman–Crippen MR) is 86.8 cm³/mol. The van der Waals surface area contributed by atoms with Crippen molar-refractivity contribution in [3.8, 4) is 0 Å². The number of rotatable bonds is 5. The maximum Gasteiger partial charge on any atom is 0.136 e. The van der Waals surface area contributed by atoms with Crippen molar-refractivity contribution in [3.05, 3.63) is 36.0 Å². The van der Waals surface area contributed by atoms with Gasteiger partial charge in [-0.3, -0.25) is 0 Å². The van der Waals surface area contributed by atoms with E-state index in [-0.39, 0.29) is 0 Å². The fourth-order valence-electron chi connectivity index (χ4n) is 2.73. The van der Waals surface area contributed by atoms with Gasteiger partial charge in [0.15, 0.2) is 0 Å². The molecule has 0 unspecified atom stereocenters. The van der Waals surface area contributed by atoms with Gasteiger partial charge in [0.2, 0.25) is 0 Å². The van der Waals surface area contributed by atoms with Gasteiger partial charge in [-0.05, 0) is 24.4 Å². The number of pyridine rings is 1. The lowest BCUT2D eigenvalue weighted by Crippen LogP contribution is -2.37. The highest BCUT2D eigenvalue weighted by molar-refractivity contribution is 5.92. The van der Waals surface area contributed by atoms with Crippen LogP contribution in [0.5, 0.6) is 0 Å². The SMILES string of the molecule is CCCNCc1cc2ccccc2c(N2CCOCC2)n1. The van der Waals surface area contributed by atoms with Crippen molar-refractivity contribution < 1.29 is 4.74 Å². The van der Waals surface area contributed by atoms with Crippen LogP contribution >= 0.6 is 0 Å². The van der Waals surface area contributed by atoms with E-state index in [2.05, 4.69) is 47.5 Å². The van der Waals surface area contributed by atoms with Gasteiger partial charge in [0.25, 0.3) is 0 Å². The molecule has 21 heavy (non-hydrogen) atoms. The van der Waals surface area contributed by atoms with Crippen LogP contribution in [0.25, 0.3) is 10.8 Å². The number of nitrogens with one attached hydrogen (secondary N) is 1. The third-order valence-corrected chi connectivity index (χ3v) is 3.82.